The van der Waals surface area contributed by atoms with E-state index in [2.05, 4.69) is 26.0 Å². The smallest absolute Gasteiger partial charge is 1.00 e. The number of benzene rings is 2. The minimum absolute atomic E-state index is 0. The maximum atomic E-state index is 12.6. The van der Waals surface area contributed by atoms with Crippen LogP contribution in [0, 0.1) is 20.8 Å². The summed E-state index contributed by atoms with van der Waals surface area (Å²) in [6.07, 6.45) is 0.994. The van der Waals surface area contributed by atoms with Crippen molar-refractivity contribution in [1.29, 1.82) is 0 Å². The maximum Gasteiger partial charge on any atom is 1.00 e. The molecule has 2 aromatic carbocycles. The molecule has 0 heterocycles. The SMILES string of the molecule is CCCOc1ccc(PC(=O)c2c(C)cc(C)cc2C)cc1.[H-].[Li+]. The van der Waals surface area contributed by atoms with Gasteiger partial charge in [0.25, 0.3) is 0 Å². The summed E-state index contributed by atoms with van der Waals surface area (Å²) in [5, 5.41) is 1.05. The van der Waals surface area contributed by atoms with E-state index in [0.717, 1.165) is 40.8 Å². The van der Waals surface area contributed by atoms with Crippen molar-refractivity contribution >= 4 is 19.4 Å². The Morgan fingerprint density at radius 1 is 1.09 bits per heavy atom. The van der Waals surface area contributed by atoms with Crippen LogP contribution in [-0.4, -0.2) is 12.1 Å². The maximum absolute atomic E-state index is 12.6. The molecule has 0 radical (unpaired) electrons. The van der Waals surface area contributed by atoms with Crippen molar-refractivity contribution in [2.45, 2.75) is 34.1 Å². The van der Waals surface area contributed by atoms with Crippen LogP contribution in [-0.2, 0) is 0 Å². The molecular formula is C19H24LiO2P. The molecule has 2 aromatic rings. The van der Waals surface area contributed by atoms with Crippen molar-refractivity contribution in [3.63, 3.8) is 0 Å². The standard InChI is InChI=1S/C19H23O2P.Li.H/c1-5-10-21-16-6-8-17(9-7-16)22-19(20)18-14(3)11-13(2)12-15(18)4;;/h6-9,11-12,22H,5,10H2,1-4H3;;/q;+1;-1. The molecule has 0 aliphatic heterocycles. The van der Waals surface area contributed by atoms with Crippen LogP contribution in [0.15, 0.2) is 36.4 Å². The molecule has 0 saturated heterocycles. The second-order valence-corrected chi connectivity index (χ2v) is 6.88. The molecular weight excluding hydrogens is 298 g/mol. The van der Waals surface area contributed by atoms with E-state index in [1.807, 2.05) is 38.1 Å². The minimum Gasteiger partial charge on any atom is -1.00 e. The van der Waals surface area contributed by atoms with Gasteiger partial charge in [-0.05, 0) is 64.3 Å². The van der Waals surface area contributed by atoms with Crippen molar-refractivity contribution in [2.24, 2.45) is 0 Å². The van der Waals surface area contributed by atoms with Crippen LogP contribution in [0.2, 0.25) is 0 Å². The van der Waals surface area contributed by atoms with Crippen LogP contribution < -0.4 is 28.9 Å². The van der Waals surface area contributed by atoms with Crippen LogP contribution in [0.4, 0.5) is 0 Å². The van der Waals surface area contributed by atoms with E-state index in [4.69, 9.17) is 4.74 Å². The molecule has 0 fully saturated rings. The Balaban J connectivity index is 0.00000264. The van der Waals surface area contributed by atoms with Gasteiger partial charge in [-0.15, -0.1) is 0 Å². The Kier molecular flexibility index (Phi) is 8.07. The third-order valence-corrected chi connectivity index (χ3v) is 4.59. The first kappa shape index (κ1) is 20.0. The zero-order valence-electron chi connectivity index (χ0n) is 15.7. The van der Waals surface area contributed by atoms with E-state index in [1.165, 1.54) is 5.56 Å². The van der Waals surface area contributed by atoms with Gasteiger partial charge in [0.2, 0.25) is 0 Å². The first-order valence-electron chi connectivity index (χ1n) is 7.63. The van der Waals surface area contributed by atoms with Gasteiger partial charge >= 0.3 is 18.9 Å². The Bertz CT molecular complexity index is 649. The fourth-order valence-corrected chi connectivity index (χ4v) is 3.70. The van der Waals surface area contributed by atoms with Gasteiger partial charge in [-0.2, -0.15) is 0 Å². The van der Waals surface area contributed by atoms with Gasteiger partial charge < -0.3 is 6.16 Å². The molecule has 0 spiro atoms. The molecule has 0 N–H and O–H groups in total. The number of ether oxygens (including phenoxy) is 1. The van der Waals surface area contributed by atoms with E-state index in [-0.39, 0.29) is 34.4 Å². The molecule has 2 nitrogen and oxygen atoms in total. The summed E-state index contributed by atoms with van der Waals surface area (Å²) in [6.45, 7) is 8.90. The van der Waals surface area contributed by atoms with Crippen LogP contribution in [0.5, 0.6) is 5.75 Å². The largest absolute Gasteiger partial charge is 1.00 e. The number of carbonyl (C=O) groups is 1. The molecule has 0 bridgehead atoms. The van der Waals surface area contributed by atoms with Crippen molar-refractivity contribution in [3.8, 4) is 5.75 Å². The topological polar surface area (TPSA) is 26.3 Å². The van der Waals surface area contributed by atoms with Crippen molar-refractivity contribution in [2.75, 3.05) is 6.61 Å². The summed E-state index contributed by atoms with van der Waals surface area (Å²) < 4.78 is 5.57. The first-order chi connectivity index (χ1) is 10.5. The van der Waals surface area contributed by atoms with E-state index < -0.39 is 0 Å². The summed E-state index contributed by atoms with van der Waals surface area (Å²) in [6, 6.07) is 12.0. The molecule has 2 rings (SSSR count). The Labute approximate surface area is 154 Å². The molecule has 23 heavy (non-hydrogen) atoms. The minimum atomic E-state index is 0. The summed E-state index contributed by atoms with van der Waals surface area (Å²) in [5.41, 5.74) is 4.41. The van der Waals surface area contributed by atoms with E-state index >= 15 is 0 Å². The third kappa shape index (κ3) is 5.50. The average Bonchev–Trinajstić information content (AvgIpc) is 2.45. The molecule has 1 unspecified atom stereocenters. The van der Waals surface area contributed by atoms with Gasteiger partial charge in [-0.3, -0.25) is 4.79 Å². The third-order valence-electron chi connectivity index (χ3n) is 3.49. The van der Waals surface area contributed by atoms with Gasteiger partial charge in [0.05, 0.1) is 6.61 Å². The second-order valence-electron chi connectivity index (χ2n) is 5.60. The molecule has 118 valence electrons. The zero-order valence-corrected chi connectivity index (χ0v) is 15.7. The van der Waals surface area contributed by atoms with E-state index in [1.54, 1.807) is 0 Å². The Hall–Kier alpha value is -1.06. The monoisotopic (exact) mass is 322 g/mol. The fourth-order valence-electron chi connectivity index (χ4n) is 2.59. The second kappa shape index (κ2) is 9.29. The molecule has 0 aromatic heterocycles. The molecule has 0 amide bonds. The molecule has 0 aliphatic carbocycles. The average molecular weight is 322 g/mol. The van der Waals surface area contributed by atoms with E-state index in [0.29, 0.717) is 0 Å². The number of hydrogen-bond acceptors (Lipinski definition) is 2. The molecule has 4 heteroatoms. The van der Waals surface area contributed by atoms with E-state index in [9.17, 15) is 4.79 Å². The summed E-state index contributed by atoms with van der Waals surface area (Å²) >= 11 is 0. The summed E-state index contributed by atoms with van der Waals surface area (Å²) in [7, 11) is 0.149. The van der Waals surface area contributed by atoms with Crippen molar-refractivity contribution in [3.05, 3.63) is 58.7 Å². The van der Waals surface area contributed by atoms with Crippen LogP contribution in [0.1, 0.15) is 41.8 Å². The van der Waals surface area contributed by atoms with Gasteiger partial charge in [0.15, 0.2) is 5.52 Å². The predicted molar refractivity (Wildman–Crippen MR) is 96.3 cm³/mol. The van der Waals surface area contributed by atoms with Gasteiger partial charge in [-0.1, -0.05) is 36.8 Å². The molecule has 0 aliphatic rings. The fraction of sp³-hybridized carbons (Fsp3) is 0.316. The van der Waals surface area contributed by atoms with Gasteiger partial charge in [-0.25, -0.2) is 0 Å². The Morgan fingerprint density at radius 2 is 1.65 bits per heavy atom. The number of hydrogen-bond donors (Lipinski definition) is 0. The normalized spacial score (nSPS) is 10.6. The summed E-state index contributed by atoms with van der Waals surface area (Å²) in [4.78, 5) is 12.6. The summed E-state index contributed by atoms with van der Waals surface area (Å²) in [5.74, 6) is 0.866. The van der Waals surface area contributed by atoms with Crippen LogP contribution >= 0.6 is 8.58 Å². The van der Waals surface area contributed by atoms with Crippen LogP contribution in [0.3, 0.4) is 0 Å². The first-order valence-corrected chi connectivity index (χ1v) is 8.63. The Morgan fingerprint density at radius 3 is 2.17 bits per heavy atom. The predicted octanol–water partition coefficient (Wildman–Crippen LogP) is 1.66. The van der Waals surface area contributed by atoms with Gasteiger partial charge in [0, 0.05) is 5.56 Å². The van der Waals surface area contributed by atoms with Crippen molar-refractivity contribution < 1.29 is 29.8 Å². The molecule has 0 saturated carbocycles. The quantitative estimate of drug-likeness (QED) is 0.597. The number of rotatable bonds is 6. The molecule has 1 atom stereocenters. The number of carbonyl (C=O) groups excluding carboxylic acids is 1. The van der Waals surface area contributed by atoms with Gasteiger partial charge in [0.1, 0.15) is 5.75 Å². The van der Waals surface area contributed by atoms with Crippen molar-refractivity contribution in [1.82, 2.24) is 0 Å². The van der Waals surface area contributed by atoms with Crippen LogP contribution in [0.25, 0.3) is 0 Å². The zero-order chi connectivity index (χ0) is 16.1. The number of aryl methyl sites for hydroxylation is 3.